The van der Waals surface area contributed by atoms with E-state index >= 15 is 0 Å². The highest BCUT2D eigenvalue weighted by Crippen LogP contribution is 2.32. The van der Waals surface area contributed by atoms with E-state index in [1.807, 2.05) is 6.92 Å². The quantitative estimate of drug-likeness (QED) is 0.829. The summed E-state index contributed by atoms with van der Waals surface area (Å²) in [5.41, 5.74) is 2.07. The summed E-state index contributed by atoms with van der Waals surface area (Å²) >= 11 is 0. The van der Waals surface area contributed by atoms with Gasteiger partial charge in [0, 0.05) is 18.8 Å². The maximum Gasteiger partial charge on any atom is 0.195 e. The number of halogens is 3. The fourth-order valence-electron chi connectivity index (χ4n) is 2.20. The molecule has 0 radical (unpaired) electrons. The summed E-state index contributed by atoms with van der Waals surface area (Å²) in [6.07, 6.45) is 0.628. The van der Waals surface area contributed by atoms with Gasteiger partial charge in [-0.3, -0.25) is 4.98 Å². The van der Waals surface area contributed by atoms with E-state index in [1.54, 1.807) is 14.0 Å². The van der Waals surface area contributed by atoms with E-state index in [1.165, 1.54) is 0 Å². The molecule has 0 aliphatic carbocycles. The number of fused-ring (bicyclic) bond motifs is 1. The number of rotatable bonds is 2. The van der Waals surface area contributed by atoms with E-state index < -0.39 is 17.5 Å². The topological polar surface area (TPSA) is 24.9 Å². The minimum atomic E-state index is -1.47. The van der Waals surface area contributed by atoms with Gasteiger partial charge in [0.1, 0.15) is 0 Å². The van der Waals surface area contributed by atoms with E-state index in [-0.39, 0.29) is 10.9 Å². The second kappa shape index (κ2) is 4.48. The zero-order valence-electron chi connectivity index (χ0n) is 10.4. The maximum absolute atomic E-state index is 13.9. The Morgan fingerprint density at radius 1 is 1.22 bits per heavy atom. The van der Waals surface area contributed by atoms with Gasteiger partial charge in [-0.05, 0) is 18.9 Å². The van der Waals surface area contributed by atoms with Crippen molar-refractivity contribution in [3.8, 4) is 0 Å². The molecule has 0 saturated carbocycles. The van der Waals surface area contributed by atoms with Gasteiger partial charge in [0.25, 0.3) is 0 Å². The van der Waals surface area contributed by atoms with Gasteiger partial charge in [-0.2, -0.15) is 0 Å². The zero-order chi connectivity index (χ0) is 13.4. The number of hydrogen-bond donors (Lipinski definition) is 1. The second-order valence-corrected chi connectivity index (χ2v) is 4.03. The molecular formula is C13H13F3N2. The molecule has 1 heterocycles. The molecule has 96 valence electrons. The summed E-state index contributed by atoms with van der Waals surface area (Å²) in [5.74, 6) is -3.89. The van der Waals surface area contributed by atoms with Crippen LogP contribution in [0.15, 0.2) is 6.07 Å². The fraction of sp³-hybridized carbons (Fsp3) is 0.308. The Bertz CT molecular complexity index is 624. The van der Waals surface area contributed by atoms with Gasteiger partial charge in [-0.1, -0.05) is 6.92 Å². The number of hydrogen-bond acceptors (Lipinski definition) is 2. The molecule has 1 aromatic carbocycles. The third-order valence-corrected chi connectivity index (χ3v) is 3.02. The van der Waals surface area contributed by atoms with Crippen molar-refractivity contribution in [2.75, 3.05) is 12.4 Å². The molecule has 1 N–H and O–H groups in total. The molecule has 2 aromatic rings. The van der Waals surface area contributed by atoms with Crippen LogP contribution in [0.4, 0.5) is 18.9 Å². The molecule has 18 heavy (non-hydrogen) atoms. The number of aromatic nitrogens is 1. The number of anilines is 1. The van der Waals surface area contributed by atoms with Crippen LogP contribution in [-0.2, 0) is 6.42 Å². The van der Waals surface area contributed by atoms with Crippen molar-refractivity contribution < 1.29 is 13.2 Å². The molecule has 0 unspecified atom stereocenters. The van der Waals surface area contributed by atoms with Crippen LogP contribution >= 0.6 is 0 Å². The number of nitrogens with zero attached hydrogens (tertiary/aromatic N) is 1. The lowest BCUT2D eigenvalue weighted by atomic mass is 10.0. The first-order valence-electron chi connectivity index (χ1n) is 5.65. The Morgan fingerprint density at radius 2 is 1.89 bits per heavy atom. The Balaban J connectivity index is 2.99. The van der Waals surface area contributed by atoms with Crippen molar-refractivity contribution in [2.24, 2.45) is 0 Å². The van der Waals surface area contributed by atoms with Gasteiger partial charge < -0.3 is 5.32 Å². The van der Waals surface area contributed by atoms with E-state index in [2.05, 4.69) is 10.3 Å². The van der Waals surface area contributed by atoms with E-state index in [0.717, 1.165) is 11.6 Å². The molecule has 0 spiro atoms. The highest BCUT2D eigenvalue weighted by molar-refractivity contribution is 5.94. The number of aryl methyl sites for hydroxylation is 1. The minimum absolute atomic E-state index is 0.00106. The molecule has 1 aromatic heterocycles. The Kier molecular flexibility index (Phi) is 3.15. The SMILES string of the molecule is CCc1c(C)nc2cc(F)c(F)c(F)c2c1NC. The van der Waals surface area contributed by atoms with Crippen LogP contribution in [0.5, 0.6) is 0 Å². The van der Waals surface area contributed by atoms with Crippen molar-refractivity contribution in [2.45, 2.75) is 20.3 Å². The standard InChI is InChI=1S/C13H13F3N2/c1-4-7-6(2)18-9-5-8(14)11(15)12(16)10(9)13(7)17-3/h5H,4H2,1-3H3,(H,17,18). The van der Waals surface area contributed by atoms with Crippen LogP contribution in [0.1, 0.15) is 18.2 Å². The fourth-order valence-corrected chi connectivity index (χ4v) is 2.20. The molecule has 0 aliphatic heterocycles. The first-order chi connectivity index (χ1) is 8.51. The largest absolute Gasteiger partial charge is 0.387 e. The molecule has 2 rings (SSSR count). The average Bonchev–Trinajstić information content (AvgIpc) is 2.34. The first-order valence-corrected chi connectivity index (χ1v) is 5.65. The van der Waals surface area contributed by atoms with Crippen LogP contribution in [0.2, 0.25) is 0 Å². The molecule has 0 bridgehead atoms. The summed E-state index contributed by atoms with van der Waals surface area (Å²) in [6, 6.07) is 0.918. The first kappa shape index (κ1) is 12.7. The Hall–Kier alpha value is -1.78. The molecule has 5 heteroatoms. The van der Waals surface area contributed by atoms with Crippen LogP contribution in [-0.4, -0.2) is 12.0 Å². The molecule has 0 amide bonds. The lowest BCUT2D eigenvalue weighted by Gasteiger charge is -2.14. The molecule has 0 aliphatic rings. The van der Waals surface area contributed by atoms with Gasteiger partial charge in [0.2, 0.25) is 0 Å². The van der Waals surface area contributed by atoms with Crippen molar-refractivity contribution >= 4 is 16.6 Å². The number of pyridine rings is 1. The highest BCUT2D eigenvalue weighted by atomic mass is 19.2. The van der Waals surface area contributed by atoms with E-state index in [9.17, 15) is 13.2 Å². The second-order valence-electron chi connectivity index (χ2n) is 4.03. The average molecular weight is 254 g/mol. The normalized spacial score (nSPS) is 11.0. The van der Waals surface area contributed by atoms with Crippen molar-refractivity contribution in [1.82, 2.24) is 4.98 Å². The number of nitrogens with one attached hydrogen (secondary N) is 1. The predicted molar refractivity (Wildman–Crippen MR) is 65.3 cm³/mol. The van der Waals surface area contributed by atoms with Gasteiger partial charge in [-0.25, -0.2) is 13.2 Å². The summed E-state index contributed by atoms with van der Waals surface area (Å²) in [4.78, 5) is 4.13. The van der Waals surface area contributed by atoms with E-state index in [0.29, 0.717) is 17.8 Å². The minimum Gasteiger partial charge on any atom is -0.387 e. The summed E-state index contributed by atoms with van der Waals surface area (Å²) in [6.45, 7) is 3.66. The summed E-state index contributed by atoms with van der Waals surface area (Å²) < 4.78 is 40.4. The van der Waals surface area contributed by atoms with E-state index in [4.69, 9.17) is 0 Å². The molecule has 0 fully saturated rings. The molecule has 0 atom stereocenters. The maximum atomic E-state index is 13.9. The highest BCUT2D eigenvalue weighted by Gasteiger charge is 2.20. The third kappa shape index (κ3) is 1.70. The van der Waals surface area contributed by atoms with Crippen molar-refractivity contribution in [3.05, 3.63) is 34.8 Å². The van der Waals surface area contributed by atoms with Gasteiger partial charge in [0.15, 0.2) is 17.5 Å². The molecule has 0 saturated heterocycles. The monoisotopic (exact) mass is 254 g/mol. The van der Waals surface area contributed by atoms with Crippen molar-refractivity contribution in [3.63, 3.8) is 0 Å². The van der Waals surface area contributed by atoms with Crippen molar-refractivity contribution in [1.29, 1.82) is 0 Å². The summed E-state index contributed by atoms with van der Waals surface area (Å²) in [7, 11) is 1.62. The zero-order valence-corrected chi connectivity index (χ0v) is 10.4. The van der Waals surface area contributed by atoms with Crippen LogP contribution in [0, 0.1) is 24.4 Å². The Labute approximate surface area is 103 Å². The van der Waals surface area contributed by atoms with Crippen LogP contribution in [0.3, 0.4) is 0 Å². The lowest BCUT2D eigenvalue weighted by molar-refractivity contribution is 0.453. The van der Waals surface area contributed by atoms with Crippen LogP contribution < -0.4 is 5.32 Å². The van der Waals surface area contributed by atoms with Crippen LogP contribution in [0.25, 0.3) is 10.9 Å². The predicted octanol–water partition coefficient (Wildman–Crippen LogP) is 3.56. The van der Waals surface area contributed by atoms with Gasteiger partial charge in [-0.15, -0.1) is 0 Å². The smallest absolute Gasteiger partial charge is 0.195 e. The molecular weight excluding hydrogens is 241 g/mol. The summed E-state index contributed by atoms with van der Waals surface area (Å²) in [5, 5.41) is 2.85. The Morgan fingerprint density at radius 3 is 2.44 bits per heavy atom. The third-order valence-electron chi connectivity index (χ3n) is 3.02. The molecule has 2 nitrogen and oxygen atoms in total. The number of benzene rings is 1. The van der Waals surface area contributed by atoms with Gasteiger partial charge in [0.05, 0.1) is 16.6 Å². The van der Waals surface area contributed by atoms with Gasteiger partial charge >= 0.3 is 0 Å². The lowest BCUT2D eigenvalue weighted by Crippen LogP contribution is -2.04.